The third kappa shape index (κ3) is 8.88. The van der Waals surface area contributed by atoms with Crippen molar-refractivity contribution in [3.8, 4) is 5.75 Å². The molecule has 0 aromatic heterocycles. The van der Waals surface area contributed by atoms with Crippen LogP contribution in [0.2, 0.25) is 0 Å². The molecule has 3 atom stereocenters. The highest BCUT2D eigenvalue weighted by Crippen LogP contribution is 2.34. The molecule has 2 aromatic rings. The molecule has 4 rings (SSSR count). The number of hydrogen-bond acceptors (Lipinski definition) is 9. The predicted octanol–water partition coefficient (Wildman–Crippen LogP) is 3.12. The predicted molar refractivity (Wildman–Crippen MR) is 154 cm³/mol. The number of nitrogens with zero attached hydrogens (tertiary/aromatic N) is 1. The van der Waals surface area contributed by atoms with Crippen LogP contribution in [0.1, 0.15) is 35.4 Å². The first-order chi connectivity index (χ1) is 19.7. The molecule has 0 aliphatic carbocycles. The van der Waals surface area contributed by atoms with Crippen LogP contribution in [-0.2, 0) is 36.9 Å². The number of ether oxygens (including phenoxy) is 6. The van der Waals surface area contributed by atoms with Gasteiger partial charge in [0.25, 0.3) is 0 Å². The van der Waals surface area contributed by atoms with Gasteiger partial charge in [0.15, 0.2) is 0 Å². The van der Waals surface area contributed by atoms with Crippen molar-refractivity contribution in [2.45, 2.75) is 44.2 Å². The summed E-state index contributed by atoms with van der Waals surface area (Å²) in [5.74, 6) is 0.989. The molecule has 2 aliphatic rings. The SMILES string of the molecule is COCCCN1CCOc2ccc(CO[C@H]3CNC[C@@H](OCCCO)[C@@H]3c3ccc(COCCOC)cc3)cc21. The lowest BCUT2D eigenvalue weighted by atomic mass is 9.85. The van der Waals surface area contributed by atoms with Crippen molar-refractivity contribution in [2.24, 2.45) is 0 Å². The van der Waals surface area contributed by atoms with Gasteiger partial charge in [-0.15, -0.1) is 0 Å². The van der Waals surface area contributed by atoms with Crippen LogP contribution in [0, 0.1) is 0 Å². The van der Waals surface area contributed by atoms with Crippen LogP contribution in [0.4, 0.5) is 5.69 Å². The summed E-state index contributed by atoms with van der Waals surface area (Å²) in [6, 6.07) is 14.9. The molecule has 0 spiro atoms. The molecule has 9 nitrogen and oxygen atoms in total. The molecule has 0 radical (unpaired) electrons. The van der Waals surface area contributed by atoms with Gasteiger partial charge in [-0.2, -0.15) is 0 Å². The Hall–Kier alpha value is -2.24. The Bertz CT molecular complexity index is 990. The summed E-state index contributed by atoms with van der Waals surface area (Å²) in [6.07, 6.45) is 1.47. The van der Waals surface area contributed by atoms with E-state index in [1.807, 2.05) is 0 Å². The van der Waals surface area contributed by atoms with Crippen molar-refractivity contribution >= 4 is 5.69 Å². The maximum Gasteiger partial charge on any atom is 0.142 e. The van der Waals surface area contributed by atoms with E-state index in [0.29, 0.717) is 46.1 Å². The molecule has 0 unspecified atom stereocenters. The Morgan fingerprint density at radius 3 is 2.42 bits per heavy atom. The van der Waals surface area contributed by atoms with Crippen LogP contribution in [-0.4, -0.2) is 97.4 Å². The first kappa shape index (κ1) is 30.7. The molecule has 40 heavy (non-hydrogen) atoms. The number of piperidine rings is 1. The van der Waals surface area contributed by atoms with Crippen LogP contribution in [0.25, 0.3) is 0 Å². The van der Waals surface area contributed by atoms with Crippen LogP contribution in [0.15, 0.2) is 42.5 Å². The zero-order valence-corrected chi connectivity index (χ0v) is 24.0. The molecule has 0 bridgehead atoms. The summed E-state index contributed by atoms with van der Waals surface area (Å²) in [6.45, 7) is 7.57. The Balaban J connectivity index is 1.44. The number of nitrogens with one attached hydrogen (secondary N) is 1. The zero-order chi connectivity index (χ0) is 28.0. The average molecular weight is 559 g/mol. The number of aliphatic hydroxyl groups is 1. The number of fused-ring (bicyclic) bond motifs is 1. The molecule has 0 saturated carbocycles. The minimum atomic E-state index is -0.0678. The number of anilines is 1. The third-order valence-electron chi connectivity index (χ3n) is 7.42. The van der Waals surface area contributed by atoms with Gasteiger partial charge in [-0.1, -0.05) is 30.3 Å². The molecule has 222 valence electrons. The van der Waals surface area contributed by atoms with Gasteiger partial charge in [-0.3, -0.25) is 0 Å². The summed E-state index contributed by atoms with van der Waals surface area (Å²) >= 11 is 0. The average Bonchev–Trinajstić information content (AvgIpc) is 2.99. The van der Waals surface area contributed by atoms with Crippen LogP contribution >= 0.6 is 0 Å². The number of aliphatic hydroxyl groups excluding tert-OH is 1. The van der Waals surface area contributed by atoms with E-state index in [9.17, 15) is 5.11 Å². The van der Waals surface area contributed by atoms with Crippen molar-refractivity contribution < 1.29 is 33.5 Å². The van der Waals surface area contributed by atoms with E-state index in [2.05, 4.69) is 52.7 Å². The van der Waals surface area contributed by atoms with Crippen molar-refractivity contribution in [1.29, 1.82) is 0 Å². The Kier molecular flexibility index (Phi) is 13.0. The van der Waals surface area contributed by atoms with E-state index in [1.54, 1.807) is 14.2 Å². The number of methoxy groups -OCH3 is 2. The van der Waals surface area contributed by atoms with Gasteiger partial charge in [0, 0.05) is 59.6 Å². The minimum absolute atomic E-state index is 0.0534. The fourth-order valence-corrected chi connectivity index (χ4v) is 5.33. The maximum atomic E-state index is 9.28. The van der Waals surface area contributed by atoms with Crippen LogP contribution in [0.3, 0.4) is 0 Å². The second-order valence-electron chi connectivity index (χ2n) is 10.3. The second kappa shape index (κ2) is 16.9. The zero-order valence-electron chi connectivity index (χ0n) is 24.0. The lowest BCUT2D eigenvalue weighted by Gasteiger charge is -2.39. The van der Waals surface area contributed by atoms with Gasteiger partial charge in [-0.05, 0) is 41.7 Å². The van der Waals surface area contributed by atoms with E-state index in [4.69, 9.17) is 28.4 Å². The van der Waals surface area contributed by atoms with E-state index < -0.39 is 0 Å². The molecule has 9 heteroatoms. The lowest BCUT2D eigenvalue weighted by molar-refractivity contribution is -0.0616. The van der Waals surface area contributed by atoms with Crippen molar-refractivity contribution in [1.82, 2.24) is 5.32 Å². The fourth-order valence-electron chi connectivity index (χ4n) is 5.33. The fraction of sp³-hybridized carbons (Fsp3) is 0.613. The van der Waals surface area contributed by atoms with E-state index in [1.165, 1.54) is 5.56 Å². The highest BCUT2D eigenvalue weighted by molar-refractivity contribution is 5.61. The third-order valence-corrected chi connectivity index (χ3v) is 7.42. The maximum absolute atomic E-state index is 9.28. The molecule has 2 heterocycles. The summed E-state index contributed by atoms with van der Waals surface area (Å²) in [5, 5.41) is 12.8. The normalized spacial score (nSPS) is 20.8. The van der Waals surface area contributed by atoms with Gasteiger partial charge in [0.1, 0.15) is 12.4 Å². The highest BCUT2D eigenvalue weighted by atomic mass is 16.5. The summed E-state index contributed by atoms with van der Waals surface area (Å²) in [4.78, 5) is 2.37. The monoisotopic (exact) mass is 558 g/mol. The van der Waals surface area contributed by atoms with Gasteiger partial charge < -0.3 is 43.7 Å². The quantitative estimate of drug-likeness (QED) is 0.284. The molecule has 0 amide bonds. The molecular formula is C31H46N2O7. The summed E-state index contributed by atoms with van der Waals surface area (Å²) < 4.78 is 34.8. The minimum Gasteiger partial charge on any atom is -0.490 e. The first-order valence-corrected chi connectivity index (χ1v) is 14.4. The molecule has 1 fully saturated rings. The van der Waals surface area contributed by atoms with Gasteiger partial charge >= 0.3 is 0 Å². The standard InChI is InChI=1S/C31H46N2O7/c1-35-14-3-11-33-12-16-39-28-10-7-25(19-27(28)33)23-40-30-21-32-20-29(38-15-4-13-34)31(30)26-8-5-24(6-9-26)22-37-18-17-36-2/h5-10,19,29-32,34H,3-4,11-18,20-23H2,1-2H3/t29-,30+,31+/m1/s1. The molecule has 2 aliphatic heterocycles. The molecule has 2 N–H and O–H groups in total. The van der Waals surface area contributed by atoms with Crippen molar-refractivity contribution in [3.05, 3.63) is 59.2 Å². The van der Waals surface area contributed by atoms with Crippen molar-refractivity contribution in [3.63, 3.8) is 0 Å². The lowest BCUT2D eigenvalue weighted by Crippen LogP contribution is -2.50. The van der Waals surface area contributed by atoms with E-state index in [-0.39, 0.29) is 24.7 Å². The highest BCUT2D eigenvalue weighted by Gasteiger charge is 2.36. The number of benzene rings is 2. The number of rotatable bonds is 17. The summed E-state index contributed by atoms with van der Waals surface area (Å²) in [5.41, 5.74) is 4.54. The molecule has 1 saturated heterocycles. The van der Waals surface area contributed by atoms with Gasteiger partial charge in [-0.25, -0.2) is 0 Å². The Morgan fingerprint density at radius 1 is 0.875 bits per heavy atom. The summed E-state index contributed by atoms with van der Waals surface area (Å²) in [7, 11) is 3.42. The van der Waals surface area contributed by atoms with Gasteiger partial charge in [0.2, 0.25) is 0 Å². The Morgan fingerprint density at radius 2 is 1.65 bits per heavy atom. The number of hydrogen-bond donors (Lipinski definition) is 2. The molecule has 2 aromatic carbocycles. The first-order valence-electron chi connectivity index (χ1n) is 14.4. The smallest absolute Gasteiger partial charge is 0.142 e. The van der Waals surface area contributed by atoms with Crippen LogP contribution in [0.5, 0.6) is 5.75 Å². The van der Waals surface area contributed by atoms with Gasteiger partial charge in [0.05, 0.1) is 50.9 Å². The van der Waals surface area contributed by atoms with E-state index in [0.717, 1.165) is 61.8 Å². The topological polar surface area (TPSA) is 90.9 Å². The largest absolute Gasteiger partial charge is 0.490 e. The van der Waals surface area contributed by atoms with Crippen LogP contribution < -0.4 is 15.0 Å². The van der Waals surface area contributed by atoms with E-state index >= 15 is 0 Å². The second-order valence-corrected chi connectivity index (χ2v) is 10.3. The van der Waals surface area contributed by atoms with Crippen molar-refractivity contribution in [2.75, 3.05) is 84.9 Å². The molecular weight excluding hydrogens is 512 g/mol. The Labute approximate surface area is 238 Å².